The van der Waals surface area contributed by atoms with Gasteiger partial charge in [-0.3, -0.25) is 19.1 Å². The third-order valence-corrected chi connectivity index (χ3v) is 8.00. The first-order valence-corrected chi connectivity index (χ1v) is 22.1. The predicted octanol–water partition coefficient (Wildman–Crippen LogP) is 6.58. The number of aromatic hydroxyl groups is 4. The summed E-state index contributed by atoms with van der Waals surface area (Å²) in [7, 11) is -0.611. The van der Waals surface area contributed by atoms with Crippen LogP contribution in [0.1, 0.15) is 62.9 Å². The minimum atomic E-state index is -1.27. The zero-order valence-corrected chi connectivity index (χ0v) is 34.0. The van der Waals surface area contributed by atoms with Crippen molar-refractivity contribution in [1.82, 2.24) is 25.4 Å². The van der Waals surface area contributed by atoms with Gasteiger partial charge in [0.25, 0.3) is 5.91 Å². The zero-order chi connectivity index (χ0) is 42.0. The summed E-state index contributed by atoms with van der Waals surface area (Å²) in [4.78, 5) is 40.5. The highest BCUT2D eigenvalue weighted by atomic mass is 35.5. The lowest BCUT2D eigenvalue weighted by Gasteiger charge is -2.15. The van der Waals surface area contributed by atoms with Gasteiger partial charge >= 0.3 is 5.97 Å². The maximum Gasteiger partial charge on any atom is 0.339 e. The number of aliphatic imine (C=N–C) groups is 1. The SMILES string of the molecule is CCNC(=O)C[C@@H]1N=C(c2ccc(Cl)cc2)c2cc(OCNC(=O)c3cccc(O)c3O)ccc2-n2c(C)nnc21.C[Si](C)(C)C.O=C(O)c1cccc(O)c1O. The fraction of sp³-hybridized carbons (Fsp3) is 0.250. The third kappa shape index (κ3) is 11.6. The lowest BCUT2D eigenvalue weighted by Crippen LogP contribution is -2.27. The van der Waals surface area contributed by atoms with Gasteiger partial charge in [0.1, 0.15) is 23.2 Å². The quantitative estimate of drug-likeness (QED) is 0.0478. The van der Waals surface area contributed by atoms with Crippen LogP contribution in [0.5, 0.6) is 28.7 Å². The zero-order valence-electron chi connectivity index (χ0n) is 32.2. The number of aromatic nitrogens is 3. The van der Waals surface area contributed by atoms with E-state index >= 15 is 0 Å². The molecule has 5 aromatic rings. The summed E-state index contributed by atoms with van der Waals surface area (Å²) in [6, 6.07) is 19.9. The molecule has 0 saturated heterocycles. The number of hydrogen-bond acceptors (Lipinski definition) is 11. The summed E-state index contributed by atoms with van der Waals surface area (Å²) in [6.45, 7) is 13.3. The number of carbonyl (C=O) groups excluding carboxylic acids is 2. The molecule has 4 aromatic carbocycles. The van der Waals surface area contributed by atoms with Crippen LogP contribution in [-0.2, 0) is 4.79 Å². The van der Waals surface area contributed by atoms with Gasteiger partial charge in [-0.25, -0.2) is 4.79 Å². The molecule has 1 aromatic heterocycles. The number of ether oxygens (including phenoxy) is 1. The Hall–Kier alpha value is -6.39. The highest BCUT2D eigenvalue weighted by molar-refractivity contribution is 6.74. The van der Waals surface area contributed by atoms with Gasteiger partial charge < -0.3 is 40.9 Å². The van der Waals surface area contributed by atoms with Crippen molar-refractivity contribution >= 4 is 43.2 Å². The number of carboxylic acid groups (broad SMARTS) is 1. The molecule has 17 heteroatoms. The second-order valence-electron chi connectivity index (χ2n) is 14.2. The van der Waals surface area contributed by atoms with E-state index in [1.165, 1.54) is 36.4 Å². The first kappa shape index (κ1) is 43.3. The Bertz CT molecular complexity index is 2270. The predicted molar refractivity (Wildman–Crippen MR) is 218 cm³/mol. The summed E-state index contributed by atoms with van der Waals surface area (Å²) in [5.41, 5.74) is 2.44. The van der Waals surface area contributed by atoms with Crippen molar-refractivity contribution in [2.45, 2.75) is 52.5 Å². The Morgan fingerprint density at radius 3 is 2.02 bits per heavy atom. The van der Waals surface area contributed by atoms with Gasteiger partial charge in [-0.15, -0.1) is 10.2 Å². The number of aromatic carboxylic acids is 1. The van der Waals surface area contributed by atoms with E-state index in [4.69, 9.17) is 36.6 Å². The van der Waals surface area contributed by atoms with Crippen molar-refractivity contribution in [2.24, 2.45) is 4.99 Å². The molecule has 0 fully saturated rings. The molecule has 0 spiro atoms. The molecule has 1 atom stereocenters. The number of carboxylic acids is 1. The molecule has 0 bridgehead atoms. The van der Waals surface area contributed by atoms with Crippen LogP contribution in [0.25, 0.3) is 5.69 Å². The van der Waals surface area contributed by atoms with Gasteiger partial charge in [0.05, 0.1) is 23.4 Å². The molecule has 0 unspecified atom stereocenters. The molecule has 1 aliphatic rings. The van der Waals surface area contributed by atoms with Crippen LogP contribution in [0.4, 0.5) is 0 Å². The molecular weight excluding hydrogens is 772 g/mol. The second-order valence-corrected chi connectivity index (χ2v) is 20.7. The van der Waals surface area contributed by atoms with Crippen LogP contribution in [-0.4, -0.2) is 85.1 Å². The van der Waals surface area contributed by atoms with Crippen LogP contribution in [0.2, 0.25) is 31.2 Å². The number of carbonyl (C=O) groups is 3. The number of amides is 2. The van der Waals surface area contributed by atoms with Gasteiger partial charge in [-0.2, -0.15) is 0 Å². The lowest BCUT2D eigenvalue weighted by atomic mass is 10.00. The van der Waals surface area contributed by atoms with Gasteiger partial charge in [-0.05, 0) is 68.4 Å². The number of aryl methyl sites for hydroxylation is 1. The van der Waals surface area contributed by atoms with Crippen LogP contribution in [0, 0.1) is 6.92 Å². The van der Waals surface area contributed by atoms with Crippen molar-refractivity contribution < 1.29 is 44.7 Å². The van der Waals surface area contributed by atoms with E-state index in [1.54, 1.807) is 24.3 Å². The van der Waals surface area contributed by atoms with E-state index in [0.717, 1.165) is 11.3 Å². The van der Waals surface area contributed by atoms with Gasteiger partial charge in [0.2, 0.25) is 5.91 Å². The number of nitrogens with zero attached hydrogens (tertiary/aromatic N) is 4. The first-order chi connectivity index (χ1) is 26.9. The minimum absolute atomic E-state index is 0.0777. The van der Waals surface area contributed by atoms with Crippen LogP contribution >= 0.6 is 11.6 Å². The van der Waals surface area contributed by atoms with E-state index in [-0.39, 0.29) is 30.2 Å². The molecule has 57 heavy (non-hydrogen) atoms. The summed E-state index contributed by atoms with van der Waals surface area (Å²) in [6.07, 6.45) is 0.0777. The molecule has 0 saturated carbocycles. The molecular formula is C40H45ClN6O9Si. The molecule has 0 aliphatic carbocycles. The molecule has 1 aliphatic heterocycles. The monoisotopic (exact) mass is 816 g/mol. The number of para-hydroxylation sites is 2. The Morgan fingerprint density at radius 1 is 0.842 bits per heavy atom. The number of fused-ring (bicyclic) bond motifs is 3. The Balaban J connectivity index is 0.000000375. The fourth-order valence-corrected chi connectivity index (χ4v) is 5.41. The van der Waals surface area contributed by atoms with Crippen LogP contribution < -0.4 is 15.4 Å². The van der Waals surface area contributed by atoms with Gasteiger partial charge in [0, 0.05) is 30.8 Å². The third-order valence-electron chi connectivity index (χ3n) is 7.74. The normalized spacial score (nSPS) is 12.8. The molecule has 6 rings (SSSR count). The standard InChI is InChI=1S/C29H27ClN6O5.C7H6O4.C4H12Si/c1-3-31-25(38)14-22-28-35-34-16(2)36(28)23-12-11-19(13-21(23)26(33-22)17-7-9-18(30)10-8-17)41-15-32-29(40)20-5-4-6-24(37)27(20)39;8-5-3-1-2-4(6(5)9)7(10)11;1-5(2,3)4/h4-13,22,37,39H,3,14-15H2,1-2H3,(H,31,38)(H,32,40);1-3,8-9H,(H,10,11);1-4H3/t22-;;/m0../s1. The average Bonchev–Trinajstić information content (AvgIpc) is 3.46. The fourth-order valence-electron chi connectivity index (χ4n) is 5.28. The first-order valence-electron chi connectivity index (χ1n) is 17.7. The van der Waals surface area contributed by atoms with E-state index in [2.05, 4.69) is 47.0 Å². The van der Waals surface area contributed by atoms with E-state index in [9.17, 15) is 24.6 Å². The summed E-state index contributed by atoms with van der Waals surface area (Å²) >= 11 is 6.16. The summed E-state index contributed by atoms with van der Waals surface area (Å²) in [5.74, 6) is -2.38. The van der Waals surface area contributed by atoms with Crippen molar-refractivity contribution in [3.05, 3.63) is 118 Å². The molecule has 2 amide bonds. The molecule has 15 nitrogen and oxygen atoms in total. The minimum Gasteiger partial charge on any atom is -0.504 e. The van der Waals surface area contributed by atoms with Crippen LogP contribution in [0.15, 0.2) is 83.9 Å². The number of benzene rings is 4. The largest absolute Gasteiger partial charge is 0.504 e. The van der Waals surface area contributed by atoms with Crippen molar-refractivity contribution in [3.8, 4) is 34.4 Å². The summed E-state index contributed by atoms with van der Waals surface area (Å²) in [5, 5.41) is 60.5. The smallest absolute Gasteiger partial charge is 0.339 e. The van der Waals surface area contributed by atoms with Crippen molar-refractivity contribution in [1.29, 1.82) is 0 Å². The average molecular weight is 817 g/mol. The number of rotatable bonds is 9. The lowest BCUT2D eigenvalue weighted by molar-refractivity contribution is -0.121. The number of phenolic OH excluding ortho intramolecular Hbond substituents is 3. The van der Waals surface area contributed by atoms with E-state index in [0.29, 0.717) is 40.2 Å². The van der Waals surface area contributed by atoms with Gasteiger partial charge in [0.15, 0.2) is 35.6 Å². The topological polar surface area (TPSA) is 229 Å². The maximum atomic E-state index is 12.6. The second kappa shape index (κ2) is 19.0. The van der Waals surface area contributed by atoms with E-state index < -0.39 is 49.0 Å². The highest BCUT2D eigenvalue weighted by Crippen LogP contribution is 2.35. The number of nitrogens with one attached hydrogen (secondary N) is 2. The Morgan fingerprint density at radius 2 is 1.44 bits per heavy atom. The van der Waals surface area contributed by atoms with E-state index in [1.807, 2.05) is 36.6 Å². The van der Waals surface area contributed by atoms with Crippen molar-refractivity contribution in [3.63, 3.8) is 0 Å². The molecule has 0 radical (unpaired) electrons. The summed E-state index contributed by atoms with van der Waals surface area (Å²) < 4.78 is 7.72. The highest BCUT2D eigenvalue weighted by Gasteiger charge is 2.30. The van der Waals surface area contributed by atoms with Crippen molar-refractivity contribution in [2.75, 3.05) is 13.3 Å². The number of halogens is 1. The number of hydrogen-bond donors (Lipinski definition) is 7. The molecule has 7 N–H and O–H groups in total. The van der Waals surface area contributed by atoms with Gasteiger partial charge in [-0.1, -0.05) is 62.1 Å². The Labute approximate surface area is 335 Å². The number of phenols is 4. The Kier molecular flexibility index (Phi) is 14.4. The molecule has 2 heterocycles. The molecule has 300 valence electrons. The van der Waals surface area contributed by atoms with Crippen LogP contribution in [0.3, 0.4) is 0 Å². The maximum absolute atomic E-state index is 12.6.